The minimum atomic E-state index is -3.83. The van der Waals surface area contributed by atoms with E-state index in [1.165, 1.54) is 19.2 Å². The first-order valence-electron chi connectivity index (χ1n) is 7.08. The van der Waals surface area contributed by atoms with E-state index in [9.17, 15) is 8.42 Å². The number of aromatic nitrogens is 1. The molecule has 132 valence electrons. The van der Waals surface area contributed by atoms with Crippen LogP contribution in [0.1, 0.15) is 30.2 Å². The van der Waals surface area contributed by atoms with E-state index in [2.05, 4.69) is 25.8 Å². The Morgan fingerprint density at radius 2 is 1.92 bits per heavy atom. The number of aryl methyl sites for hydroxylation is 1. The molecular formula is C15H19BrN2O5S. The summed E-state index contributed by atoms with van der Waals surface area (Å²) >= 11 is 3.23. The highest BCUT2D eigenvalue weighted by atomic mass is 79.9. The zero-order valence-corrected chi connectivity index (χ0v) is 16.1. The molecule has 0 aliphatic heterocycles. The predicted molar refractivity (Wildman–Crippen MR) is 90.9 cm³/mol. The Morgan fingerprint density at radius 1 is 1.29 bits per heavy atom. The van der Waals surface area contributed by atoms with Crippen LogP contribution in [0, 0.1) is 13.8 Å². The maximum absolute atomic E-state index is 12.6. The summed E-state index contributed by atoms with van der Waals surface area (Å²) < 4.78 is 42.6. The number of alkyl halides is 1. The van der Waals surface area contributed by atoms with Crippen LogP contribution in [-0.4, -0.2) is 25.4 Å². The van der Waals surface area contributed by atoms with E-state index in [1.807, 2.05) is 0 Å². The Kier molecular flexibility index (Phi) is 5.82. The van der Waals surface area contributed by atoms with E-state index < -0.39 is 20.9 Å². The van der Waals surface area contributed by atoms with Crippen molar-refractivity contribution in [1.29, 1.82) is 0 Å². The van der Waals surface area contributed by atoms with Gasteiger partial charge in [-0.1, -0.05) is 23.4 Å². The minimum absolute atomic E-state index is 0.112. The quantitative estimate of drug-likeness (QED) is 0.548. The van der Waals surface area contributed by atoms with Gasteiger partial charge in [0.15, 0.2) is 12.0 Å². The molecule has 1 aromatic heterocycles. The second-order valence-electron chi connectivity index (χ2n) is 5.23. The molecule has 0 aliphatic rings. The van der Waals surface area contributed by atoms with Crippen LogP contribution in [0.5, 0.6) is 0 Å². The van der Waals surface area contributed by atoms with Gasteiger partial charge in [0.25, 0.3) is 0 Å². The van der Waals surface area contributed by atoms with Gasteiger partial charge in [0, 0.05) is 19.6 Å². The zero-order chi connectivity index (χ0) is 18.0. The number of sulfonamides is 1. The lowest BCUT2D eigenvalue weighted by molar-refractivity contribution is -0.175. The average Bonchev–Trinajstić information content (AvgIpc) is 2.87. The fourth-order valence-corrected chi connectivity index (χ4v) is 3.15. The van der Waals surface area contributed by atoms with E-state index in [0.717, 1.165) is 0 Å². The molecule has 0 fully saturated rings. The first-order chi connectivity index (χ1) is 11.2. The van der Waals surface area contributed by atoms with Gasteiger partial charge in [0.05, 0.1) is 10.6 Å². The number of rotatable bonds is 7. The maximum atomic E-state index is 12.6. The smallest absolute Gasteiger partial charge is 0.243 e. The van der Waals surface area contributed by atoms with Crippen molar-refractivity contribution in [3.8, 4) is 0 Å². The lowest BCUT2D eigenvalue weighted by atomic mass is 10.2. The highest BCUT2D eigenvalue weighted by Crippen LogP contribution is 2.31. The summed E-state index contributed by atoms with van der Waals surface area (Å²) in [5, 5.41) is 3.85. The highest BCUT2D eigenvalue weighted by molar-refractivity contribution is 9.10. The van der Waals surface area contributed by atoms with Crippen molar-refractivity contribution in [2.24, 2.45) is 0 Å². The topological polar surface area (TPSA) is 90.7 Å². The number of hydrogen-bond donors (Lipinski definition) is 1. The Hall–Kier alpha value is -1.26. The summed E-state index contributed by atoms with van der Waals surface area (Å²) in [6.07, 6.45) is -1.12. The van der Waals surface area contributed by atoms with Crippen molar-refractivity contribution >= 4 is 26.0 Å². The van der Waals surface area contributed by atoms with Crippen molar-refractivity contribution in [2.75, 3.05) is 7.11 Å². The normalized spacial score (nSPS) is 15.9. The van der Waals surface area contributed by atoms with Crippen molar-refractivity contribution in [3.63, 3.8) is 0 Å². The molecule has 1 aromatic carbocycles. The lowest BCUT2D eigenvalue weighted by Crippen LogP contribution is -2.36. The van der Waals surface area contributed by atoms with Crippen LogP contribution in [-0.2, 0) is 19.5 Å². The molecule has 0 aliphatic carbocycles. The predicted octanol–water partition coefficient (Wildman–Crippen LogP) is 3.00. The summed E-state index contributed by atoms with van der Waals surface area (Å²) in [7, 11) is -2.41. The number of hydrogen-bond acceptors (Lipinski definition) is 6. The van der Waals surface area contributed by atoms with Crippen molar-refractivity contribution in [1.82, 2.24) is 9.88 Å². The van der Waals surface area contributed by atoms with E-state index in [0.29, 0.717) is 11.3 Å². The summed E-state index contributed by atoms with van der Waals surface area (Å²) in [6.45, 7) is 5.12. The SMILES string of the molecule is COC(C)(Br)OC(NS(=O)(=O)c1ccccc1)c1onc(C)c1C. The molecular weight excluding hydrogens is 400 g/mol. The Labute approximate surface area is 149 Å². The van der Waals surface area contributed by atoms with E-state index >= 15 is 0 Å². The largest absolute Gasteiger partial charge is 0.356 e. The van der Waals surface area contributed by atoms with Gasteiger partial charge in [-0.15, -0.1) is 0 Å². The molecule has 0 spiro atoms. The molecule has 0 amide bonds. The number of halogens is 1. The second-order valence-corrected chi connectivity index (χ2v) is 8.38. The molecule has 7 nitrogen and oxygen atoms in total. The zero-order valence-electron chi connectivity index (χ0n) is 13.7. The molecule has 0 bridgehead atoms. The fraction of sp³-hybridized carbons (Fsp3) is 0.400. The fourth-order valence-electron chi connectivity index (χ4n) is 1.88. The van der Waals surface area contributed by atoms with Crippen LogP contribution >= 0.6 is 15.9 Å². The molecule has 2 rings (SSSR count). The number of ether oxygens (including phenoxy) is 2. The highest BCUT2D eigenvalue weighted by Gasteiger charge is 2.33. The Balaban J connectivity index is 2.38. The van der Waals surface area contributed by atoms with Crippen LogP contribution in [0.4, 0.5) is 0 Å². The lowest BCUT2D eigenvalue weighted by Gasteiger charge is -2.27. The van der Waals surface area contributed by atoms with Crippen LogP contribution in [0.3, 0.4) is 0 Å². The Morgan fingerprint density at radius 3 is 2.42 bits per heavy atom. The second kappa shape index (κ2) is 7.32. The van der Waals surface area contributed by atoms with Crippen LogP contribution in [0.15, 0.2) is 39.8 Å². The van der Waals surface area contributed by atoms with Gasteiger partial charge < -0.3 is 14.0 Å². The Bertz CT molecular complexity index is 789. The van der Waals surface area contributed by atoms with E-state index in [-0.39, 0.29) is 10.7 Å². The van der Waals surface area contributed by atoms with Crippen LogP contribution in [0.2, 0.25) is 0 Å². The first kappa shape index (κ1) is 19.1. The molecule has 1 N–H and O–H groups in total. The molecule has 0 radical (unpaired) electrons. The number of benzene rings is 1. The number of methoxy groups -OCH3 is 1. The number of nitrogens with zero attached hydrogens (tertiary/aromatic N) is 1. The molecule has 1 heterocycles. The third-order valence-corrected chi connectivity index (χ3v) is 5.37. The van der Waals surface area contributed by atoms with Gasteiger partial charge in [-0.25, -0.2) is 8.42 Å². The molecule has 2 atom stereocenters. The molecule has 2 unspecified atom stereocenters. The molecule has 9 heteroatoms. The third-order valence-electron chi connectivity index (χ3n) is 3.44. The standard InChI is InChI=1S/C15H19BrN2O5S/c1-10-11(2)17-23-13(10)14(22-15(3,16)21-4)18-24(19,20)12-8-6-5-7-9-12/h5-9,14,18H,1-4H3. The summed E-state index contributed by atoms with van der Waals surface area (Å²) in [5.41, 5.74) is 1.33. The summed E-state index contributed by atoms with van der Waals surface area (Å²) in [5.74, 6) is 0.259. The maximum Gasteiger partial charge on any atom is 0.243 e. The summed E-state index contributed by atoms with van der Waals surface area (Å²) in [6, 6.07) is 7.98. The number of nitrogens with one attached hydrogen (secondary N) is 1. The monoisotopic (exact) mass is 418 g/mol. The third kappa shape index (κ3) is 4.42. The van der Waals surface area contributed by atoms with Gasteiger partial charge in [0.1, 0.15) is 0 Å². The van der Waals surface area contributed by atoms with Gasteiger partial charge in [-0.2, -0.15) is 4.72 Å². The first-order valence-corrected chi connectivity index (χ1v) is 9.36. The van der Waals surface area contributed by atoms with Gasteiger partial charge >= 0.3 is 0 Å². The van der Waals surface area contributed by atoms with E-state index in [1.54, 1.807) is 39.0 Å². The molecule has 0 saturated carbocycles. The van der Waals surface area contributed by atoms with E-state index in [4.69, 9.17) is 14.0 Å². The molecule has 2 aromatic rings. The van der Waals surface area contributed by atoms with Crippen molar-refractivity contribution in [3.05, 3.63) is 47.3 Å². The molecule has 24 heavy (non-hydrogen) atoms. The molecule has 0 saturated heterocycles. The van der Waals surface area contributed by atoms with Crippen LogP contribution < -0.4 is 4.72 Å². The summed E-state index contributed by atoms with van der Waals surface area (Å²) in [4.78, 5) is 0.112. The average molecular weight is 419 g/mol. The minimum Gasteiger partial charge on any atom is -0.356 e. The van der Waals surface area contributed by atoms with Gasteiger partial charge in [-0.05, 0) is 41.9 Å². The van der Waals surface area contributed by atoms with Crippen molar-refractivity contribution in [2.45, 2.75) is 36.6 Å². The van der Waals surface area contributed by atoms with Gasteiger partial charge in [-0.3, -0.25) is 0 Å². The van der Waals surface area contributed by atoms with Crippen LogP contribution in [0.25, 0.3) is 0 Å². The van der Waals surface area contributed by atoms with Gasteiger partial charge in [0.2, 0.25) is 14.7 Å². The van der Waals surface area contributed by atoms with Crippen molar-refractivity contribution < 1.29 is 22.4 Å².